The van der Waals surface area contributed by atoms with Crippen molar-refractivity contribution in [2.24, 2.45) is 0 Å². The Balaban J connectivity index is 1.30. The number of thiophene rings is 5. The van der Waals surface area contributed by atoms with Gasteiger partial charge in [-0.05, 0) is 74.2 Å². The molecule has 7 rings (SSSR count). The molecule has 0 aromatic carbocycles. The van der Waals surface area contributed by atoms with Crippen molar-refractivity contribution in [3.63, 3.8) is 0 Å². The van der Waals surface area contributed by atoms with E-state index in [1.807, 2.05) is 47.7 Å². The molecule has 1 aliphatic carbocycles. The summed E-state index contributed by atoms with van der Waals surface area (Å²) in [5.41, 5.74) is 1.18. The number of allylic oxidation sites excluding steroid dienone is 2. The van der Waals surface area contributed by atoms with E-state index in [4.69, 9.17) is 25.8 Å². The van der Waals surface area contributed by atoms with E-state index in [9.17, 15) is 0 Å². The number of nitrogens with zero attached hydrogens (tertiary/aromatic N) is 4. The number of ether oxygens (including phenoxy) is 1. The van der Waals surface area contributed by atoms with Gasteiger partial charge in [0.25, 0.3) is 0 Å². The summed E-state index contributed by atoms with van der Waals surface area (Å²) in [5.74, 6) is 1.00. The summed E-state index contributed by atoms with van der Waals surface area (Å²) in [4.78, 5) is 8.86. The standard InChI is InChI=1S/C32H18N4OS5/c33-14-18(15-34)10-20-4-6-23(38-20)25-12-22-29(40-25)31-28(37-32(22)8-2-1-3-9-32)30-27(42-31)13-26(41-30)24-7-5-21(39-24)11-19(16-35)17-36/h4-7,10-13H,1-3,8-9H2. The van der Waals surface area contributed by atoms with Gasteiger partial charge in [-0.2, -0.15) is 21.0 Å². The van der Waals surface area contributed by atoms with Crippen LogP contribution in [-0.4, -0.2) is 0 Å². The summed E-state index contributed by atoms with van der Waals surface area (Å²) in [6.45, 7) is 0. The molecule has 1 saturated carbocycles. The van der Waals surface area contributed by atoms with Crippen LogP contribution < -0.4 is 4.74 Å². The molecule has 1 spiro atoms. The Hall–Kier alpha value is -4.00. The Morgan fingerprint density at radius 3 is 1.86 bits per heavy atom. The van der Waals surface area contributed by atoms with Gasteiger partial charge in [0.2, 0.25) is 0 Å². The normalized spacial score (nSPS) is 14.5. The first-order valence-corrected chi connectivity index (χ1v) is 17.3. The molecule has 202 valence electrons. The van der Waals surface area contributed by atoms with Crippen LogP contribution in [0.5, 0.6) is 5.75 Å². The summed E-state index contributed by atoms with van der Waals surface area (Å²) < 4.78 is 9.47. The third-order valence-corrected chi connectivity index (χ3v) is 13.6. The number of hydrogen-bond donors (Lipinski definition) is 0. The first kappa shape index (κ1) is 26.9. The van der Waals surface area contributed by atoms with E-state index in [1.165, 1.54) is 36.0 Å². The largest absolute Gasteiger partial charge is 0.479 e. The molecule has 0 amide bonds. The zero-order valence-electron chi connectivity index (χ0n) is 21.9. The van der Waals surface area contributed by atoms with E-state index in [2.05, 4.69) is 24.3 Å². The molecule has 1 fully saturated rings. The zero-order valence-corrected chi connectivity index (χ0v) is 26.0. The molecular weight excluding hydrogens is 617 g/mol. The number of hydrogen-bond acceptors (Lipinski definition) is 10. The van der Waals surface area contributed by atoms with Crippen molar-refractivity contribution >= 4 is 78.2 Å². The molecule has 10 heteroatoms. The summed E-state index contributed by atoms with van der Waals surface area (Å²) in [6.07, 6.45) is 8.78. The molecule has 1 aliphatic heterocycles. The van der Waals surface area contributed by atoms with Gasteiger partial charge in [0.1, 0.15) is 41.0 Å². The van der Waals surface area contributed by atoms with Crippen LogP contribution in [0.4, 0.5) is 0 Å². The average Bonchev–Trinajstić information content (AvgIpc) is 3.83. The lowest BCUT2D eigenvalue weighted by Crippen LogP contribution is -2.37. The van der Waals surface area contributed by atoms with Crippen molar-refractivity contribution in [1.82, 2.24) is 0 Å². The van der Waals surface area contributed by atoms with Crippen molar-refractivity contribution < 1.29 is 4.74 Å². The zero-order chi connectivity index (χ0) is 28.8. The molecule has 5 aromatic heterocycles. The second-order valence-corrected chi connectivity index (χ2v) is 15.4. The number of fused-ring (bicyclic) bond motifs is 6. The fourth-order valence-corrected chi connectivity index (χ4v) is 11.5. The van der Waals surface area contributed by atoms with Crippen LogP contribution in [0.1, 0.15) is 47.4 Å². The lowest BCUT2D eigenvalue weighted by Gasteiger charge is -2.40. The average molecular weight is 635 g/mol. The third-order valence-electron chi connectivity index (χ3n) is 7.50. The van der Waals surface area contributed by atoms with E-state index < -0.39 is 0 Å². The van der Waals surface area contributed by atoms with Gasteiger partial charge < -0.3 is 4.74 Å². The molecule has 0 atom stereocenters. The molecule has 0 unspecified atom stereocenters. The van der Waals surface area contributed by atoms with Gasteiger partial charge in [-0.1, -0.05) is 6.42 Å². The Morgan fingerprint density at radius 2 is 1.26 bits per heavy atom. The highest BCUT2D eigenvalue weighted by atomic mass is 32.1. The molecule has 0 bridgehead atoms. The lowest BCUT2D eigenvalue weighted by atomic mass is 9.78. The molecule has 0 saturated heterocycles. The maximum absolute atomic E-state index is 9.16. The molecule has 42 heavy (non-hydrogen) atoms. The van der Waals surface area contributed by atoms with Crippen molar-refractivity contribution in [3.8, 4) is 59.3 Å². The van der Waals surface area contributed by atoms with Gasteiger partial charge in [0, 0.05) is 34.8 Å². The second kappa shape index (κ2) is 10.7. The van der Waals surface area contributed by atoms with Crippen LogP contribution in [-0.2, 0) is 5.60 Å². The topological polar surface area (TPSA) is 104 Å². The lowest BCUT2D eigenvalue weighted by molar-refractivity contribution is 0.0267. The molecular formula is C32H18N4OS5. The molecule has 0 radical (unpaired) electrons. The van der Waals surface area contributed by atoms with Gasteiger partial charge in [-0.25, -0.2) is 0 Å². The minimum Gasteiger partial charge on any atom is -0.479 e. The summed E-state index contributed by atoms with van der Waals surface area (Å²) in [6, 6.07) is 20.4. The van der Waals surface area contributed by atoms with Crippen molar-refractivity contribution in [1.29, 1.82) is 21.0 Å². The fourth-order valence-electron chi connectivity index (χ4n) is 5.58. The fraction of sp³-hybridized carbons (Fsp3) is 0.188. The predicted octanol–water partition coefficient (Wildman–Crippen LogP) is 10.6. The quantitative estimate of drug-likeness (QED) is 0.183. The van der Waals surface area contributed by atoms with E-state index in [0.717, 1.165) is 55.8 Å². The van der Waals surface area contributed by atoms with Gasteiger partial charge in [-0.15, -0.1) is 56.7 Å². The van der Waals surface area contributed by atoms with Crippen LogP contribution >= 0.6 is 56.7 Å². The van der Waals surface area contributed by atoms with Gasteiger partial charge in [0.05, 0.1) is 19.2 Å². The van der Waals surface area contributed by atoms with Gasteiger partial charge >= 0.3 is 0 Å². The molecule has 5 aromatic rings. The monoisotopic (exact) mass is 634 g/mol. The Bertz CT molecular complexity index is 2080. The van der Waals surface area contributed by atoms with Crippen LogP contribution in [0, 0.1) is 45.3 Å². The predicted molar refractivity (Wildman–Crippen MR) is 173 cm³/mol. The van der Waals surface area contributed by atoms with Crippen LogP contribution in [0.15, 0.2) is 47.5 Å². The smallest absolute Gasteiger partial charge is 0.157 e. The summed E-state index contributed by atoms with van der Waals surface area (Å²) in [7, 11) is 0. The Kier molecular flexibility index (Phi) is 6.83. The van der Waals surface area contributed by atoms with Crippen molar-refractivity contribution in [2.45, 2.75) is 37.7 Å². The highest BCUT2D eigenvalue weighted by Crippen LogP contribution is 2.61. The van der Waals surface area contributed by atoms with Gasteiger partial charge in [-0.3, -0.25) is 0 Å². The summed E-state index contributed by atoms with van der Waals surface area (Å²) in [5, 5.41) is 36.6. The van der Waals surface area contributed by atoms with Crippen molar-refractivity contribution in [2.75, 3.05) is 0 Å². The molecule has 2 aliphatic rings. The Morgan fingerprint density at radius 1 is 0.667 bits per heavy atom. The highest BCUT2D eigenvalue weighted by molar-refractivity contribution is 7.34. The van der Waals surface area contributed by atoms with E-state index in [-0.39, 0.29) is 16.7 Å². The minimum atomic E-state index is -0.325. The maximum atomic E-state index is 9.16. The maximum Gasteiger partial charge on any atom is 0.157 e. The van der Waals surface area contributed by atoms with Crippen LogP contribution in [0.2, 0.25) is 0 Å². The second-order valence-electron chi connectivity index (χ2n) is 10.0. The van der Waals surface area contributed by atoms with Crippen molar-refractivity contribution in [3.05, 3.63) is 62.9 Å². The minimum absolute atomic E-state index is 0.103. The summed E-state index contributed by atoms with van der Waals surface area (Å²) >= 11 is 8.52. The van der Waals surface area contributed by atoms with E-state index in [1.54, 1.807) is 57.5 Å². The number of nitriles is 4. The van der Waals surface area contributed by atoms with Crippen LogP contribution in [0.3, 0.4) is 0 Å². The molecule has 5 nitrogen and oxygen atoms in total. The van der Waals surface area contributed by atoms with Crippen LogP contribution in [0.25, 0.3) is 50.8 Å². The SMILES string of the molecule is N#CC(C#N)=Cc1ccc(-c2cc3c(s2)-c2sc4cc(-c5ccc(C=C(C#N)C#N)s5)sc4c2OC32CCCCC2)s1. The molecule has 6 heterocycles. The number of rotatable bonds is 4. The first-order valence-electron chi connectivity index (χ1n) is 13.2. The third kappa shape index (κ3) is 4.50. The first-order chi connectivity index (χ1) is 20.5. The van der Waals surface area contributed by atoms with E-state index >= 15 is 0 Å². The Labute approximate surface area is 262 Å². The highest BCUT2D eigenvalue weighted by Gasteiger charge is 2.45. The van der Waals surface area contributed by atoms with E-state index in [0.29, 0.717) is 0 Å². The molecule has 0 N–H and O–H groups in total. The van der Waals surface area contributed by atoms with Gasteiger partial charge in [0.15, 0.2) is 5.75 Å².